The van der Waals surface area contributed by atoms with Crippen LogP contribution in [0.4, 0.5) is 11.5 Å². The van der Waals surface area contributed by atoms with Crippen LogP contribution in [0.25, 0.3) is 0 Å². The van der Waals surface area contributed by atoms with Gasteiger partial charge in [0.15, 0.2) is 0 Å². The second-order valence-electron chi connectivity index (χ2n) is 7.05. The summed E-state index contributed by atoms with van der Waals surface area (Å²) >= 11 is 0. The smallest absolute Gasteiger partial charge is 0.243 e. The molecule has 0 radical (unpaired) electrons. The number of aryl methyl sites for hydroxylation is 1. The van der Waals surface area contributed by atoms with Crippen molar-refractivity contribution in [1.29, 1.82) is 0 Å². The lowest BCUT2D eigenvalue weighted by Crippen LogP contribution is -2.30. The number of nitrogens with one attached hydrogen (secondary N) is 1. The first-order valence-corrected chi connectivity index (χ1v) is 10.8. The molecule has 1 N–H and O–H groups in total. The number of aromatic nitrogens is 1. The van der Waals surface area contributed by atoms with Gasteiger partial charge in [-0.25, -0.2) is 13.4 Å². The monoisotopic (exact) mass is 393 g/mol. The van der Waals surface area contributed by atoms with Gasteiger partial charge >= 0.3 is 0 Å². The number of pyridine rings is 1. The molecule has 6 heteroatoms. The molecule has 1 unspecified atom stereocenters. The molecule has 0 amide bonds. The number of rotatable bonds is 5. The Kier molecular flexibility index (Phi) is 5.15. The van der Waals surface area contributed by atoms with E-state index in [4.69, 9.17) is 0 Å². The van der Waals surface area contributed by atoms with Gasteiger partial charge in [-0.2, -0.15) is 4.31 Å². The fourth-order valence-electron chi connectivity index (χ4n) is 3.55. The molecule has 28 heavy (non-hydrogen) atoms. The van der Waals surface area contributed by atoms with Crippen LogP contribution in [0.1, 0.15) is 30.0 Å². The third kappa shape index (κ3) is 3.79. The molecule has 0 bridgehead atoms. The van der Waals surface area contributed by atoms with E-state index in [1.54, 1.807) is 22.6 Å². The standard InChI is InChI=1S/C22H23N3O2S/c1-17-9-12-20(13-10-17)28(26,27)25-15-5-8-21(25)18-11-14-22(23-16-18)24-19-6-3-2-4-7-19/h2-4,6-7,9-14,16,21H,5,8,15H2,1H3,(H,23,24). The zero-order valence-corrected chi connectivity index (χ0v) is 16.6. The summed E-state index contributed by atoms with van der Waals surface area (Å²) in [6, 6.07) is 20.6. The van der Waals surface area contributed by atoms with Crippen LogP contribution in [0.15, 0.2) is 77.8 Å². The fraction of sp³-hybridized carbons (Fsp3) is 0.227. The van der Waals surface area contributed by atoms with Gasteiger partial charge in [0.25, 0.3) is 0 Å². The first-order chi connectivity index (χ1) is 13.5. The van der Waals surface area contributed by atoms with Gasteiger partial charge in [-0.15, -0.1) is 0 Å². The minimum absolute atomic E-state index is 0.176. The van der Waals surface area contributed by atoms with Crippen molar-refractivity contribution in [3.63, 3.8) is 0 Å². The number of hydrogen-bond donors (Lipinski definition) is 1. The Morgan fingerprint density at radius 3 is 2.43 bits per heavy atom. The highest BCUT2D eigenvalue weighted by Gasteiger charge is 2.36. The largest absolute Gasteiger partial charge is 0.340 e. The fourth-order valence-corrected chi connectivity index (χ4v) is 5.23. The maximum absolute atomic E-state index is 13.1. The molecule has 1 saturated heterocycles. The van der Waals surface area contributed by atoms with Gasteiger partial charge in [-0.3, -0.25) is 0 Å². The average Bonchev–Trinajstić information content (AvgIpc) is 3.21. The van der Waals surface area contributed by atoms with Gasteiger partial charge in [-0.1, -0.05) is 42.0 Å². The van der Waals surface area contributed by atoms with Crippen LogP contribution in [0.2, 0.25) is 0 Å². The Balaban J connectivity index is 1.55. The van der Waals surface area contributed by atoms with Gasteiger partial charge in [0.1, 0.15) is 5.82 Å². The molecule has 1 aliphatic rings. The summed E-state index contributed by atoms with van der Waals surface area (Å²) in [5.41, 5.74) is 2.93. The van der Waals surface area contributed by atoms with E-state index >= 15 is 0 Å². The predicted octanol–water partition coefficient (Wildman–Crippen LogP) is 4.66. The van der Waals surface area contributed by atoms with Crippen molar-refractivity contribution in [2.75, 3.05) is 11.9 Å². The van der Waals surface area contributed by atoms with E-state index in [0.29, 0.717) is 11.4 Å². The normalized spacial score (nSPS) is 17.5. The molecule has 0 saturated carbocycles. The summed E-state index contributed by atoms with van der Waals surface area (Å²) < 4.78 is 27.9. The molecule has 1 fully saturated rings. The molecular weight excluding hydrogens is 370 g/mol. The Morgan fingerprint density at radius 2 is 1.75 bits per heavy atom. The molecule has 0 spiro atoms. The van der Waals surface area contributed by atoms with Crippen molar-refractivity contribution in [3.05, 3.63) is 84.1 Å². The van der Waals surface area contributed by atoms with Gasteiger partial charge in [0, 0.05) is 18.4 Å². The number of benzene rings is 2. The number of anilines is 2. The van der Waals surface area contributed by atoms with E-state index in [1.807, 2.05) is 61.5 Å². The van der Waals surface area contributed by atoms with Crippen LogP contribution in [0.5, 0.6) is 0 Å². The SMILES string of the molecule is Cc1ccc(S(=O)(=O)N2CCCC2c2ccc(Nc3ccccc3)nc2)cc1. The topological polar surface area (TPSA) is 62.3 Å². The molecule has 2 aromatic carbocycles. The first-order valence-electron chi connectivity index (χ1n) is 9.40. The molecule has 2 heterocycles. The van der Waals surface area contributed by atoms with Crippen molar-refractivity contribution in [2.24, 2.45) is 0 Å². The van der Waals surface area contributed by atoms with Crippen molar-refractivity contribution >= 4 is 21.5 Å². The van der Waals surface area contributed by atoms with Crippen LogP contribution in [0, 0.1) is 6.92 Å². The van der Waals surface area contributed by atoms with E-state index in [1.165, 1.54) is 0 Å². The van der Waals surface area contributed by atoms with Crippen LogP contribution < -0.4 is 5.32 Å². The molecule has 0 aliphatic carbocycles. The van der Waals surface area contributed by atoms with E-state index in [-0.39, 0.29) is 6.04 Å². The van der Waals surface area contributed by atoms with Crippen molar-refractivity contribution < 1.29 is 8.42 Å². The number of para-hydroxylation sites is 1. The average molecular weight is 394 g/mol. The molecule has 5 nitrogen and oxygen atoms in total. The van der Waals surface area contributed by atoms with E-state index in [0.717, 1.165) is 35.5 Å². The molecule has 1 aromatic heterocycles. The van der Waals surface area contributed by atoms with E-state index in [9.17, 15) is 8.42 Å². The zero-order valence-electron chi connectivity index (χ0n) is 15.7. The highest BCUT2D eigenvalue weighted by atomic mass is 32.2. The Bertz CT molecular complexity index is 1030. The summed E-state index contributed by atoms with van der Waals surface area (Å²) in [7, 11) is -3.52. The third-order valence-corrected chi connectivity index (χ3v) is 6.97. The summed E-state index contributed by atoms with van der Waals surface area (Å²) in [6.45, 7) is 2.48. The van der Waals surface area contributed by atoms with Gasteiger partial charge in [-0.05, 0) is 55.7 Å². The summed E-state index contributed by atoms with van der Waals surface area (Å²) in [4.78, 5) is 4.83. The van der Waals surface area contributed by atoms with Crippen LogP contribution in [-0.2, 0) is 10.0 Å². The quantitative estimate of drug-likeness (QED) is 0.685. The third-order valence-electron chi connectivity index (χ3n) is 5.05. The Morgan fingerprint density at radius 1 is 1.00 bits per heavy atom. The van der Waals surface area contributed by atoms with Gasteiger partial charge in [0.05, 0.1) is 10.9 Å². The molecule has 3 aromatic rings. The van der Waals surface area contributed by atoms with Crippen molar-refractivity contribution in [3.8, 4) is 0 Å². The lowest BCUT2D eigenvalue weighted by molar-refractivity contribution is 0.396. The number of nitrogens with zero attached hydrogens (tertiary/aromatic N) is 2. The maximum Gasteiger partial charge on any atom is 0.243 e. The zero-order chi connectivity index (χ0) is 19.6. The lowest BCUT2D eigenvalue weighted by Gasteiger charge is -2.24. The maximum atomic E-state index is 13.1. The number of hydrogen-bond acceptors (Lipinski definition) is 4. The Hall–Kier alpha value is -2.70. The minimum Gasteiger partial charge on any atom is -0.340 e. The van der Waals surface area contributed by atoms with Crippen LogP contribution >= 0.6 is 0 Å². The highest BCUT2D eigenvalue weighted by molar-refractivity contribution is 7.89. The Labute approximate surface area is 166 Å². The summed E-state index contributed by atoms with van der Waals surface area (Å²) in [5.74, 6) is 0.737. The van der Waals surface area contributed by atoms with Crippen molar-refractivity contribution in [2.45, 2.75) is 30.7 Å². The number of sulfonamides is 1. The molecule has 1 aliphatic heterocycles. The first kappa shape index (κ1) is 18.7. The van der Waals surface area contributed by atoms with Gasteiger partial charge < -0.3 is 5.32 Å². The summed E-state index contributed by atoms with van der Waals surface area (Å²) in [5, 5.41) is 3.25. The molecule has 1 atom stereocenters. The molecule has 144 valence electrons. The predicted molar refractivity (Wildman–Crippen MR) is 111 cm³/mol. The van der Waals surface area contributed by atoms with E-state index < -0.39 is 10.0 Å². The molecule has 4 rings (SSSR count). The summed E-state index contributed by atoms with van der Waals surface area (Å²) in [6.07, 6.45) is 3.43. The minimum atomic E-state index is -3.52. The van der Waals surface area contributed by atoms with E-state index in [2.05, 4.69) is 10.3 Å². The second kappa shape index (κ2) is 7.73. The second-order valence-corrected chi connectivity index (χ2v) is 8.95. The highest BCUT2D eigenvalue weighted by Crippen LogP contribution is 2.36. The van der Waals surface area contributed by atoms with Crippen LogP contribution in [-0.4, -0.2) is 24.3 Å². The van der Waals surface area contributed by atoms with Gasteiger partial charge in [0.2, 0.25) is 10.0 Å². The van der Waals surface area contributed by atoms with Crippen LogP contribution in [0.3, 0.4) is 0 Å². The lowest BCUT2D eigenvalue weighted by atomic mass is 10.1. The molecular formula is C22H23N3O2S. The van der Waals surface area contributed by atoms with Crippen molar-refractivity contribution in [1.82, 2.24) is 9.29 Å².